The van der Waals surface area contributed by atoms with Crippen molar-refractivity contribution < 1.29 is 4.79 Å². The maximum Gasteiger partial charge on any atom is 0.269 e. The lowest BCUT2D eigenvalue weighted by Gasteiger charge is -2.27. The van der Waals surface area contributed by atoms with Crippen LogP contribution in [0.2, 0.25) is 0 Å². The van der Waals surface area contributed by atoms with Gasteiger partial charge in [0.15, 0.2) is 0 Å². The molecule has 1 fully saturated rings. The topological polar surface area (TPSA) is 62.2 Å². The molecule has 1 aliphatic heterocycles. The van der Waals surface area contributed by atoms with Gasteiger partial charge in [0.25, 0.3) is 5.91 Å². The van der Waals surface area contributed by atoms with Gasteiger partial charge in [-0.3, -0.25) is 14.4 Å². The Bertz CT molecular complexity index is 437. The summed E-state index contributed by atoms with van der Waals surface area (Å²) in [5, 5.41) is 10.7. The Kier molecular flexibility index (Phi) is 5.55. The van der Waals surface area contributed by atoms with Crippen LogP contribution >= 0.6 is 0 Å². The highest BCUT2D eigenvalue weighted by Gasteiger charge is 2.14. The molecule has 1 amide bonds. The Hall–Kier alpha value is -1.40. The number of hydrogen-bond donors (Lipinski definition) is 2. The summed E-state index contributed by atoms with van der Waals surface area (Å²) in [5.41, 5.74) is 1.64. The van der Waals surface area contributed by atoms with Crippen molar-refractivity contribution in [3.8, 4) is 0 Å². The average molecular weight is 279 g/mol. The van der Waals surface area contributed by atoms with Gasteiger partial charge in [0, 0.05) is 45.8 Å². The minimum Gasteiger partial charge on any atom is -0.349 e. The predicted molar refractivity (Wildman–Crippen MR) is 78.9 cm³/mol. The van der Waals surface area contributed by atoms with Crippen LogP contribution in [-0.2, 0) is 13.0 Å². The molecule has 1 aromatic heterocycles. The number of nitrogens with zero attached hydrogens (tertiary/aromatic N) is 3. The van der Waals surface area contributed by atoms with Gasteiger partial charge >= 0.3 is 0 Å². The van der Waals surface area contributed by atoms with Gasteiger partial charge in [0.1, 0.15) is 5.69 Å². The number of hydrogen-bond acceptors (Lipinski definition) is 4. The van der Waals surface area contributed by atoms with E-state index >= 15 is 0 Å². The summed E-state index contributed by atoms with van der Waals surface area (Å²) in [6.45, 7) is 10.6. The standard InChI is InChI=1S/C14H25N5O/c1-3-12-11-13(19(4-2)17-12)14(20)16-7-10-18-8-5-15-6-9-18/h11,15H,3-10H2,1-2H3,(H,16,20). The number of piperazine rings is 1. The fraction of sp³-hybridized carbons (Fsp3) is 0.714. The van der Waals surface area contributed by atoms with Crippen LogP contribution < -0.4 is 10.6 Å². The molecule has 2 rings (SSSR count). The molecule has 2 N–H and O–H groups in total. The number of rotatable bonds is 6. The van der Waals surface area contributed by atoms with Crippen LogP contribution in [0, 0.1) is 0 Å². The fourth-order valence-electron chi connectivity index (χ4n) is 2.42. The number of carbonyl (C=O) groups is 1. The molecule has 0 spiro atoms. The van der Waals surface area contributed by atoms with Gasteiger partial charge in [0.05, 0.1) is 5.69 Å². The van der Waals surface area contributed by atoms with Crippen molar-refractivity contribution in [2.75, 3.05) is 39.3 Å². The van der Waals surface area contributed by atoms with Crippen LogP contribution in [0.5, 0.6) is 0 Å². The highest BCUT2D eigenvalue weighted by Crippen LogP contribution is 2.05. The van der Waals surface area contributed by atoms with E-state index in [1.807, 2.05) is 13.0 Å². The van der Waals surface area contributed by atoms with Crippen molar-refractivity contribution in [3.63, 3.8) is 0 Å². The van der Waals surface area contributed by atoms with Gasteiger partial charge in [-0.15, -0.1) is 0 Å². The molecule has 0 saturated carbocycles. The van der Waals surface area contributed by atoms with Crippen molar-refractivity contribution >= 4 is 5.91 Å². The first-order valence-electron chi connectivity index (χ1n) is 7.52. The van der Waals surface area contributed by atoms with Crippen LogP contribution in [0.25, 0.3) is 0 Å². The number of nitrogens with one attached hydrogen (secondary N) is 2. The monoisotopic (exact) mass is 279 g/mol. The SMILES string of the molecule is CCc1cc(C(=O)NCCN2CCNCC2)n(CC)n1. The van der Waals surface area contributed by atoms with Gasteiger partial charge in [-0.1, -0.05) is 6.92 Å². The number of carbonyl (C=O) groups excluding carboxylic acids is 1. The summed E-state index contributed by atoms with van der Waals surface area (Å²) in [7, 11) is 0. The maximum atomic E-state index is 12.2. The van der Waals surface area contributed by atoms with Crippen molar-refractivity contribution in [1.29, 1.82) is 0 Å². The van der Waals surface area contributed by atoms with Gasteiger partial charge in [-0.25, -0.2) is 0 Å². The van der Waals surface area contributed by atoms with Crippen molar-refractivity contribution in [3.05, 3.63) is 17.5 Å². The predicted octanol–water partition coefficient (Wildman–Crippen LogP) is 0.100. The summed E-state index contributed by atoms with van der Waals surface area (Å²) < 4.78 is 1.78. The Morgan fingerprint density at radius 3 is 2.80 bits per heavy atom. The molecule has 6 heteroatoms. The summed E-state index contributed by atoms with van der Waals surface area (Å²) in [6.07, 6.45) is 0.855. The van der Waals surface area contributed by atoms with E-state index in [4.69, 9.17) is 0 Å². The second-order valence-corrected chi connectivity index (χ2v) is 5.04. The van der Waals surface area contributed by atoms with Crippen molar-refractivity contribution in [2.24, 2.45) is 0 Å². The molecule has 1 aromatic rings. The Balaban J connectivity index is 1.83. The number of amides is 1. The quantitative estimate of drug-likeness (QED) is 0.775. The molecule has 112 valence electrons. The first-order valence-corrected chi connectivity index (χ1v) is 7.52. The van der Waals surface area contributed by atoms with E-state index in [0.29, 0.717) is 12.2 Å². The molecule has 6 nitrogen and oxygen atoms in total. The number of aryl methyl sites for hydroxylation is 2. The maximum absolute atomic E-state index is 12.2. The first kappa shape index (κ1) is 15.0. The van der Waals surface area contributed by atoms with Crippen molar-refractivity contribution in [1.82, 2.24) is 25.3 Å². The van der Waals surface area contributed by atoms with Crippen molar-refractivity contribution in [2.45, 2.75) is 26.8 Å². The third kappa shape index (κ3) is 3.80. The summed E-state index contributed by atoms with van der Waals surface area (Å²) >= 11 is 0. The Labute approximate surface area is 120 Å². The molecular weight excluding hydrogens is 254 g/mol. The Morgan fingerprint density at radius 1 is 1.40 bits per heavy atom. The highest BCUT2D eigenvalue weighted by molar-refractivity contribution is 5.92. The molecule has 0 aromatic carbocycles. The minimum atomic E-state index is -0.0193. The van der Waals surface area contributed by atoms with Gasteiger partial charge in [0.2, 0.25) is 0 Å². The van der Waals surface area contributed by atoms with E-state index in [1.165, 1.54) is 0 Å². The molecule has 2 heterocycles. The molecule has 1 aliphatic rings. The number of aromatic nitrogens is 2. The second kappa shape index (κ2) is 7.40. The molecule has 0 unspecified atom stereocenters. The van der Waals surface area contributed by atoms with E-state index in [-0.39, 0.29) is 5.91 Å². The summed E-state index contributed by atoms with van der Waals surface area (Å²) in [4.78, 5) is 14.6. The highest BCUT2D eigenvalue weighted by atomic mass is 16.2. The van der Waals surface area contributed by atoms with Gasteiger partial charge in [-0.05, 0) is 19.4 Å². The zero-order chi connectivity index (χ0) is 14.4. The smallest absolute Gasteiger partial charge is 0.269 e. The molecule has 20 heavy (non-hydrogen) atoms. The van der Waals surface area contributed by atoms with E-state index < -0.39 is 0 Å². The lowest BCUT2D eigenvalue weighted by atomic mass is 10.3. The zero-order valence-corrected chi connectivity index (χ0v) is 12.5. The third-order valence-electron chi connectivity index (χ3n) is 3.65. The van der Waals surface area contributed by atoms with Crippen LogP contribution in [0.1, 0.15) is 30.0 Å². The molecule has 1 saturated heterocycles. The fourth-order valence-corrected chi connectivity index (χ4v) is 2.42. The molecule has 0 bridgehead atoms. The van der Waals surface area contributed by atoms with Gasteiger partial charge in [-0.2, -0.15) is 5.10 Å². The van der Waals surface area contributed by atoms with Crippen LogP contribution in [0.15, 0.2) is 6.07 Å². The lowest BCUT2D eigenvalue weighted by molar-refractivity contribution is 0.0936. The summed E-state index contributed by atoms with van der Waals surface area (Å²) in [6, 6.07) is 1.89. The molecule has 0 aliphatic carbocycles. The molecular formula is C14H25N5O. The normalized spacial score (nSPS) is 16.3. The zero-order valence-electron chi connectivity index (χ0n) is 12.5. The largest absolute Gasteiger partial charge is 0.349 e. The summed E-state index contributed by atoms with van der Waals surface area (Å²) in [5.74, 6) is -0.0193. The average Bonchev–Trinajstić information content (AvgIpc) is 2.91. The lowest BCUT2D eigenvalue weighted by Crippen LogP contribution is -2.46. The van der Waals surface area contributed by atoms with Crippen LogP contribution in [-0.4, -0.2) is 59.9 Å². The molecule has 0 atom stereocenters. The first-order chi connectivity index (χ1) is 9.74. The second-order valence-electron chi connectivity index (χ2n) is 5.04. The third-order valence-corrected chi connectivity index (χ3v) is 3.65. The van der Waals surface area contributed by atoms with E-state index in [0.717, 1.165) is 51.4 Å². The van der Waals surface area contributed by atoms with Crippen LogP contribution in [0.3, 0.4) is 0 Å². The van der Waals surface area contributed by atoms with E-state index in [2.05, 4.69) is 27.6 Å². The molecule has 0 radical (unpaired) electrons. The Morgan fingerprint density at radius 2 is 2.15 bits per heavy atom. The van der Waals surface area contributed by atoms with Crippen LogP contribution in [0.4, 0.5) is 0 Å². The van der Waals surface area contributed by atoms with E-state index in [1.54, 1.807) is 4.68 Å². The minimum absolute atomic E-state index is 0.0193. The van der Waals surface area contributed by atoms with Gasteiger partial charge < -0.3 is 10.6 Å². The van der Waals surface area contributed by atoms with E-state index in [9.17, 15) is 4.79 Å².